The van der Waals surface area contributed by atoms with Gasteiger partial charge in [0.2, 0.25) is 0 Å². The second-order valence-electron chi connectivity index (χ2n) is 6.89. The van der Waals surface area contributed by atoms with Gasteiger partial charge in [-0.2, -0.15) is 9.61 Å². The van der Waals surface area contributed by atoms with Crippen LogP contribution in [0.15, 0.2) is 65.1 Å². The third-order valence-corrected chi connectivity index (χ3v) is 4.53. The van der Waals surface area contributed by atoms with Crippen molar-refractivity contribution in [3.05, 3.63) is 71.2 Å². The minimum absolute atomic E-state index is 0.127. The Kier molecular flexibility index (Phi) is 7.34. The lowest BCUT2D eigenvalue weighted by molar-refractivity contribution is 0.0955. The molecule has 0 saturated heterocycles. The average molecular weight is 452 g/mol. The second kappa shape index (κ2) is 10.4. The Balaban J connectivity index is 2.06. The lowest BCUT2D eigenvalue weighted by Gasteiger charge is -2.12. The van der Waals surface area contributed by atoms with Crippen LogP contribution in [0.5, 0.6) is 0 Å². The summed E-state index contributed by atoms with van der Waals surface area (Å²) in [7, 11) is 1.70. The molecule has 3 aromatic heterocycles. The van der Waals surface area contributed by atoms with Gasteiger partial charge in [-0.1, -0.05) is 19.6 Å². The monoisotopic (exact) mass is 452 g/mol. The van der Waals surface area contributed by atoms with Gasteiger partial charge >= 0.3 is 0 Å². The molecular formula is C22H25FN8O2. The van der Waals surface area contributed by atoms with Gasteiger partial charge in [0.25, 0.3) is 11.5 Å². The highest BCUT2D eigenvalue weighted by Gasteiger charge is 2.18. The summed E-state index contributed by atoms with van der Waals surface area (Å²) >= 11 is 0. The fourth-order valence-corrected chi connectivity index (χ4v) is 3.00. The second-order valence-corrected chi connectivity index (χ2v) is 6.89. The van der Waals surface area contributed by atoms with Crippen molar-refractivity contribution in [3.63, 3.8) is 0 Å². The van der Waals surface area contributed by atoms with Crippen molar-refractivity contribution in [1.82, 2.24) is 24.5 Å². The molecule has 3 N–H and O–H groups in total. The highest BCUT2D eigenvalue weighted by Crippen LogP contribution is 2.21. The zero-order valence-electron chi connectivity index (χ0n) is 18.6. The Morgan fingerprint density at radius 3 is 2.85 bits per heavy atom. The molecule has 0 aromatic carbocycles. The molecular weight excluding hydrogens is 427 g/mol. The van der Waals surface area contributed by atoms with Gasteiger partial charge < -0.3 is 16.0 Å². The number of fused-ring (bicyclic) bond motifs is 1. The molecule has 3 rings (SSSR count). The fraction of sp³-hybridized carbons (Fsp3) is 0.227. The summed E-state index contributed by atoms with van der Waals surface area (Å²) in [6.45, 7) is 7.45. The molecule has 0 unspecified atom stereocenters. The van der Waals surface area contributed by atoms with Gasteiger partial charge in [0.15, 0.2) is 17.3 Å². The fourth-order valence-electron chi connectivity index (χ4n) is 3.00. The largest absolute Gasteiger partial charge is 0.373 e. The van der Waals surface area contributed by atoms with E-state index in [1.807, 2.05) is 6.92 Å². The number of nitrogens with zero attached hydrogens (tertiary/aromatic N) is 5. The number of amides is 1. The SMILES string of the molecule is C=C(F)C(=N/C=C\C)n1cccc(Nc2cc(NC)n3ncc(C(=O)NCCC)c3n2)c1=O. The van der Waals surface area contributed by atoms with Gasteiger partial charge in [-0.3, -0.25) is 14.2 Å². The Bertz CT molecular complexity index is 1310. The molecule has 0 saturated carbocycles. The standard InChI is InChI=1S/C22H25FN8O2/c1-5-9-25-19(14(3)23)30-11-7-8-16(22(30)33)28-17-12-18(24-4)31-20(29-17)15(13-27-31)21(32)26-10-6-2/h5,7-9,11-13,24H,3,6,10H2,1-2,4H3,(H,26,32)(H,28,29)/b9-5-,25-19?. The van der Waals surface area contributed by atoms with Crippen LogP contribution in [-0.2, 0) is 0 Å². The quantitative estimate of drug-likeness (QED) is 0.357. The third kappa shape index (κ3) is 4.97. The highest BCUT2D eigenvalue weighted by molar-refractivity contribution is 6.00. The van der Waals surface area contributed by atoms with Crippen LogP contribution in [-0.4, -0.2) is 44.5 Å². The van der Waals surface area contributed by atoms with Gasteiger partial charge in [0, 0.05) is 32.1 Å². The van der Waals surface area contributed by atoms with E-state index in [2.05, 4.69) is 37.6 Å². The van der Waals surface area contributed by atoms with Crippen LogP contribution in [0.1, 0.15) is 30.6 Å². The number of carbonyl (C=O) groups excluding carboxylic acids is 1. The molecule has 0 aliphatic carbocycles. The van der Waals surface area contributed by atoms with Crippen LogP contribution in [0, 0.1) is 0 Å². The van der Waals surface area contributed by atoms with Gasteiger partial charge in [0.05, 0.1) is 6.20 Å². The molecule has 0 radical (unpaired) electrons. The molecule has 1 amide bonds. The summed E-state index contributed by atoms with van der Waals surface area (Å²) in [4.78, 5) is 33.9. The number of nitrogens with one attached hydrogen (secondary N) is 3. The van der Waals surface area contributed by atoms with Crippen molar-refractivity contribution < 1.29 is 9.18 Å². The first-order valence-corrected chi connectivity index (χ1v) is 10.3. The molecule has 0 atom stereocenters. The molecule has 3 aromatic rings. The predicted octanol–water partition coefficient (Wildman–Crippen LogP) is 3.08. The normalized spacial score (nSPS) is 11.7. The smallest absolute Gasteiger partial charge is 0.280 e. The summed E-state index contributed by atoms with van der Waals surface area (Å²) in [5.74, 6) is -0.552. The number of carbonyl (C=O) groups is 1. The third-order valence-electron chi connectivity index (χ3n) is 4.53. The zero-order valence-corrected chi connectivity index (χ0v) is 18.6. The number of aliphatic imine (C=N–C) groups is 1. The number of anilines is 3. The lowest BCUT2D eigenvalue weighted by atomic mass is 10.3. The average Bonchev–Trinajstić information content (AvgIpc) is 3.23. The van der Waals surface area contributed by atoms with Crippen LogP contribution < -0.4 is 21.5 Å². The first kappa shape index (κ1) is 23.4. The van der Waals surface area contributed by atoms with E-state index in [0.717, 1.165) is 11.0 Å². The van der Waals surface area contributed by atoms with E-state index in [-0.39, 0.29) is 23.2 Å². The molecule has 0 bridgehead atoms. The van der Waals surface area contributed by atoms with Crippen LogP contribution in [0.3, 0.4) is 0 Å². The van der Waals surface area contributed by atoms with Crippen LogP contribution >= 0.6 is 0 Å². The number of aromatic nitrogens is 4. The van der Waals surface area contributed by atoms with E-state index in [0.29, 0.717) is 23.6 Å². The van der Waals surface area contributed by atoms with Gasteiger partial charge in [0.1, 0.15) is 22.9 Å². The van der Waals surface area contributed by atoms with E-state index in [1.54, 1.807) is 32.2 Å². The molecule has 3 heterocycles. The summed E-state index contributed by atoms with van der Waals surface area (Å²) < 4.78 is 16.5. The molecule has 172 valence electrons. The summed E-state index contributed by atoms with van der Waals surface area (Å²) in [5, 5.41) is 13.0. The Labute approximate surface area is 189 Å². The number of hydrogen-bond donors (Lipinski definition) is 3. The topological polar surface area (TPSA) is 118 Å². The molecule has 0 spiro atoms. The number of rotatable bonds is 8. The molecule has 0 aliphatic heterocycles. The minimum atomic E-state index is -0.855. The maximum Gasteiger partial charge on any atom is 0.280 e. The number of pyridine rings is 1. The van der Waals surface area contributed by atoms with E-state index in [9.17, 15) is 14.0 Å². The number of allylic oxidation sites excluding steroid dienone is 2. The van der Waals surface area contributed by atoms with Crippen LogP contribution in [0.4, 0.5) is 21.7 Å². The Morgan fingerprint density at radius 2 is 2.18 bits per heavy atom. The first-order valence-electron chi connectivity index (χ1n) is 10.3. The van der Waals surface area contributed by atoms with E-state index >= 15 is 0 Å². The summed E-state index contributed by atoms with van der Waals surface area (Å²) in [6, 6.07) is 4.73. The zero-order chi connectivity index (χ0) is 24.0. The summed E-state index contributed by atoms with van der Waals surface area (Å²) in [6.07, 6.45) is 6.59. The minimum Gasteiger partial charge on any atom is -0.373 e. The molecule has 0 aliphatic rings. The molecule has 0 fully saturated rings. The highest BCUT2D eigenvalue weighted by atomic mass is 19.1. The van der Waals surface area contributed by atoms with E-state index in [1.165, 1.54) is 29.2 Å². The molecule has 33 heavy (non-hydrogen) atoms. The number of halogens is 1. The number of hydrogen-bond acceptors (Lipinski definition) is 7. The van der Waals surface area contributed by atoms with E-state index < -0.39 is 11.4 Å². The maximum atomic E-state index is 14.0. The van der Waals surface area contributed by atoms with Crippen molar-refractivity contribution in [2.75, 3.05) is 24.2 Å². The van der Waals surface area contributed by atoms with E-state index in [4.69, 9.17) is 0 Å². The van der Waals surface area contributed by atoms with Crippen molar-refractivity contribution in [2.24, 2.45) is 4.99 Å². The van der Waals surface area contributed by atoms with Gasteiger partial charge in [-0.05, 0) is 25.5 Å². The van der Waals surface area contributed by atoms with Gasteiger partial charge in [-0.15, -0.1) is 0 Å². The predicted molar refractivity (Wildman–Crippen MR) is 127 cm³/mol. The van der Waals surface area contributed by atoms with Gasteiger partial charge in [-0.25, -0.2) is 14.4 Å². The Morgan fingerprint density at radius 1 is 1.39 bits per heavy atom. The van der Waals surface area contributed by atoms with Crippen molar-refractivity contribution in [3.8, 4) is 0 Å². The van der Waals surface area contributed by atoms with Crippen LogP contribution in [0.2, 0.25) is 0 Å². The maximum absolute atomic E-state index is 14.0. The lowest BCUT2D eigenvalue weighted by Crippen LogP contribution is -2.28. The first-order chi connectivity index (χ1) is 15.9. The summed E-state index contributed by atoms with van der Waals surface area (Å²) in [5.41, 5.74) is 0.175. The Hall–Kier alpha value is -4.28. The van der Waals surface area contributed by atoms with Crippen molar-refractivity contribution in [2.45, 2.75) is 20.3 Å². The molecule has 11 heteroatoms. The van der Waals surface area contributed by atoms with Crippen LogP contribution in [0.25, 0.3) is 5.65 Å². The van der Waals surface area contributed by atoms with Crippen molar-refractivity contribution >= 4 is 34.7 Å². The molecule has 10 nitrogen and oxygen atoms in total. The van der Waals surface area contributed by atoms with Crippen molar-refractivity contribution in [1.29, 1.82) is 0 Å².